The molecule has 1 atom stereocenters. The molecule has 2 aromatic rings. The van der Waals surface area contributed by atoms with E-state index in [4.69, 9.17) is 46.7 Å². The molecule has 19 heteroatoms. The second-order valence-electron chi connectivity index (χ2n) is 9.97. The first-order valence-corrected chi connectivity index (χ1v) is 17.2. The van der Waals surface area contributed by atoms with E-state index in [1.165, 1.54) is 63.9 Å². The second-order valence-corrected chi connectivity index (χ2v) is 14.5. The van der Waals surface area contributed by atoms with E-state index in [1.807, 2.05) is 0 Å². The summed E-state index contributed by atoms with van der Waals surface area (Å²) in [5.41, 5.74) is 0.962. The Morgan fingerprint density at radius 2 is 1.53 bits per heavy atom. The molecule has 0 spiro atoms. The number of benzene rings is 2. The number of urea groups is 1. The van der Waals surface area contributed by atoms with E-state index in [-0.39, 0.29) is 21.8 Å². The maximum Gasteiger partial charge on any atom is 0.513 e. The molecule has 45 heavy (non-hydrogen) atoms. The summed E-state index contributed by atoms with van der Waals surface area (Å²) in [6.45, 7) is 3.75. The highest BCUT2D eigenvalue weighted by molar-refractivity contribution is 7.93. The summed E-state index contributed by atoms with van der Waals surface area (Å²) in [4.78, 5) is 48.4. The van der Waals surface area contributed by atoms with Crippen molar-refractivity contribution in [2.75, 3.05) is 29.1 Å². The first-order chi connectivity index (χ1) is 20.9. The van der Waals surface area contributed by atoms with Gasteiger partial charge in [-0.2, -0.15) is 0 Å². The Hall–Kier alpha value is -3.27. The van der Waals surface area contributed by atoms with Crippen molar-refractivity contribution >= 4 is 70.5 Å². The zero-order chi connectivity index (χ0) is 33.7. The molecule has 1 aliphatic heterocycles. The molecule has 2 N–H and O–H groups in total. The van der Waals surface area contributed by atoms with Gasteiger partial charge in [0.15, 0.2) is 0 Å². The van der Waals surface area contributed by atoms with Crippen LogP contribution in [-0.2, 0) is 44.5 Å². The maximum atomic E-state index is 14.0. The highest BCUT2D eigenvalue weighted by Crippen LogP contribution is 2.47. The molecule has 0 saturated carbocycles. The lowest BCUT2D eigenvalue weighted by atomic mass is 10.1. The highest BCUT2D eigenvalue weighted by atomic mass is 35.5. The third-order valence-electron chi connectivity index (χ3n) is 5.74. The minimum Gasteiger partial charge on any atom is -0.431 e. The average molecular weight is 712 g/mol. The summed E-state index contributed by atoms with van der Waals surface area (Å²) < 4.78 is 66.1. The zero-order valence-corrected chi connectivity index (χ0v) is 28.0. The van der Waals surface area contributed by atoms with Crippen LogP contribution < -0.4 is 14.5 Å². The van der Waals surface area contributed by atoms with Crippen LogP contribution in [0.2, 0.25) is 10.0 Å². The first-order valence-electron chi connectivity index (χ1n) is 13.3. The van der Waals surface area contributed by atoms with Gasteiger partial charge in [0.1, 0.15) is 6.29 Å². The molecule has 2 aromatic carbocycles. The lowest BCUT2D eigenvalue weighted by Gasteiger charge is -2.28. The van der Waals surface area contributed by atoms with E-state index in [1.54, 1.807) is 0 Å². The molecule has 1 heterocycles. The summed E-state index contributed by atoms with van der Waals surface area (Å²) in [7, 11) is -8.45. The summed E-state index contributed by atoms with van der Waals surface area (Å²) >= 11 is 12.1. The summed E-state index contributed by atoms with van der Waals surface area (Å²) in [6, 6.07) is 7.28. The fraction of sp³-hybridized carbons (Fsp3) is 0.423. The van der Waals surface area contributed by atoms with Crippen LogP contribution >= 0.6 is 30.8 Å². The zero-order valence-electron chi connectivity index (χ0n) is 24.8. The van der Waals surface area contributed by atoms with Crippen molar-refractivity contribution < 1.29 is 55.7 Å². The standard InChI is InChI=1S/C26H32Cl2N3O12PS/c1-15(2)39-24(33)41-26(42-25(34)40-16(3)4)43-44(35,36)14-31(45(37,38)21-12-18(27)11-19(28)13-21)20-6-7-22-17(10-20)8-9-30(22)23(32)29-5/h6-7,10-13,15-16,26H,8-9,14H2,1-5H3,(H,29,32)(H,35,36). The molecule has 1 aliphatic rings. The van der Waals surface area contributed by atoms with Gasteiger partial charge in [-0.3, -0.25) is 13.8 Å². The largest absolute Gasteiger partial charge is 0.513 e. The number of fused-ring (bicyclic) bond motifs is 1. The molecule has 0 saturated heterocycles. The van der Waals surface area contributed by atoms with Gasteiger partial charge in [0.05, 0.1) is 22.8 Å². The summed E-state index contributed by atoms with van der Waals surface area (Å²) in [6.07, 6.45) is -5.16. The second kappa shape index (κ2) is 14.9. The number of nitrogens with one attached hydrogen (secondary N) is 1. The van der Waals surface area contributed by atoms with E-state index < -0.39 is 59.8 Å². The van der Waals surface area contributed by atoms with E-state index in [0.717, 1.165) is 12.1 Å². The lowest BCUT2D eigenvalue weighted by molar-refractivity contribution is -0.208. The number of nitrogens with zero attached hydrogens (tertiary/aromatic N) is 2. The Morgan fingerprint density at radius 1 is 0.978 bits per heavy atom. The Bertz CT molecular complexity index is 1550. The molecule has 0 bridgehead atoms. The molecular formula is C26H32Cl2N3O12PS. The van der Waals surface area contributed by atoms with Crippen molar-refractivity contribution in [3.63, 3.8) is 0 Å². The van der Waals surface area contributed by atoms with Crippen LogP contribution in [0.3, 0.4) is 0 Å². The quantitative estimate of drug-likeness (QED) is 0.171. The van der Waals surface area contributed by atoms with Gasteiger partial charge in [-0.25, -0.2) is 27.3 Å². The Kier molecular flexibility index (Phi) is 12.0. The van der Waals surface area contributed by atoms with Crippen LogP contribution in [-0.4, -0.2) is 70.2 Å². The van der Waals surface area contributed by atoms with Gasteiger partial charge in [0, 0.05) is 29.3 Å². The predicted octanol–water partition coefficient (Wildman–Crippen LogP) is 5.46. The molecule has 15 nitrogen and oxygen atoms in total. The van der Waals surface area contributed by atoms with Crippen LogP contribution in [0, 0.1) is 0 Å². The number of halogens is 2. The summed E-state index contributed by atoms with van der Waals surface area (Å²) in [5.74, 6) is 0. The number of carbonyl (C=O) groups is 3. The van der Waals surface area contributed by atoms with E-state index in [0.29, 0.717) is 28.5 Å². The number of anilines is 2. The van der Waals surface area contributed by atoms with Crippen molar-refractivity contribution in [2.24, 2.45) is 0 Å². The smallest absolute Gasteiger partial charge is 0.431 e. The maximum absolute atomic E-state index is 14.0. The van der Waals surface area contributed by atoms with Gasteiger partial charge in [-0.15, -0.1) is 0 Å². The van der Waals surface area contributed by atoms with Crippen molar-refractivity contribution in [1.82, 2.24) is 5.32 Å². The number of carbonyl (C=O) groups excluding carboxylic acids is 3. The number of rotatable bonds is 11. The number of hydrogen-bond donors (Lipinski definition) is 2. The first kappa shape index (κ1) is 36.2. The minimum absolute atomic E-state index is 0.0335. The molecule has 248 valence electrons. The third-order valence-corrected chi connectivity index (χ3v) is 9.26. The van der Waals surface area contributed by atoms with Crippen molar-refractivity contribution in [3.05, 3.63) is 52.0 Å². The van der Waals surface area contributed by atoms with Gasteiger partial charge in [-0.05, 0) is 76.1 Å². The molecule has 1 unspecified atom stereocenters. The van der Waals surface area contributed by atoms with Crippen LogP contribution in [0.1, 0.15) is 33.3 Å². The molecule has 2 amide bonds. The minimum atomic E-state index is -5.20. The van der Waals surface area contributed by atoms with E-state index in [9.17, 15) is 32.3 Å². The van der Waals surface area contributed by atoms with Gasteiger partial charge in [0.25, 0.3) is 10.0 Å². The Balaban J connectivity index is 2.03. The van der Waals surface area contributed by atoms with Crippen LogP contribution in [0.15, 0.2) is 41.3 Å². The third kappa shape index (κ3) is 9.86. The van der Waals surface area contributed by atoms with Crippen molar-refractivity contribution in [1.29, 1.82) is 0 Å². The van der Waals surface area contributed by atoms with Gasteiger partial charge < -0.3 is 29.2 Å². The SMILES string of the molecule is CNC(=O)N1CCc2cc(N(CP(=O)(O)OC(OC(=O)OC(C)C)OC(=O)OC(C)C)S(=O)(=O)c3cc(Cl)cc(Cl)c3)ccc21. The molecule has 3 rings (SSSR count). The molecule has 0 aromatic heterocycles. The highest BCUT2D eigenvalue weighted by Gasteiger charge is 2.39. The molecule has 0 radical (unpaired) electrons. The van der Waals surface area contributed by atoms with Gasteiger partial charge in [0.2, 0.25) is 0 Å². The van der Waals surface area contributed by atoms with Gasteiger partial charge >= 0.3 is 32.4 Å². The van der Waals surface area contributed by atoms with Crippen LogP contribution in [0.25, 0.3) is 0 Å². The number of sulfonamides is 1. The molecule has 0 aliphatic carbocycles. The van der Waals surface area contributed by atoms with E-state index >= 15 is 0 Å². The fourth-order valence-corrected chi connectivity index (χ4v) is 7.79. The summed E-state index contributed by atoms with van der Waals surface area (Å²) in [5, 5.41) is 2.45. The number of amides is 2. The number of ether oxygens (including phenoxy) is 4. The monoisotopic (exact) mass is 711 g/mol. The fourth-order valence-electron chi connectivity index (χ4n) is 3.99. The normalized spacial score (nSPS) is 14.2. The average Bonchev–Trinajstić information content (AvgIpc) is 3.32. The van der Waals surface area contributed by atoms with Crippen LogP contribution in [0.5, 0.6) is 0 Å². The predicted molar refractivity (Wildman–Crippen MR) is 163 cm³/mol. The Labute approximate surface area is 269 Å². The van der Waals surface area contributed by atoms with Crippen LogP contribution in [0.4, 0.5) is 25.8 Å². The van der Waals surface area contributed by atoms with E-state index in [2.05, 4.69) is 5.32 Å². The van der Waals surface area contributed by atoms with Gasteiger partial charge in [-0.1, -0.05) is 23.2 Å². The van der Waals surface area contributed by atoms with Crippen molar-refractivity contribution in [3.8, 4) is 0 Å². The molecule has 0 fully saturated rings. The number of hydrogen-bond acceptors (Lipinski definition) is 11. The topological polar surface area (TPSA) is 187 Å². The lowest BCUT2D eigenvalue weighted by Crippen LogP contribution is -2.36. The van der Waals surface area contributed by atoms with Crippen molar-refractivity contribution in [2.45, 2.75) is 57.7 Å². The Morgan fingerprint density at radius 3 is 2.04 bits per heavy atom. The molecular weight excluding hydrogens is 680 g/mol.